The normalized spacial score (nSPS) is 13.9. The molecule has 1 atom stereocenters. The summed E-state index contributed by atoms with van der Waals surface area (Å²) in [4.78, 5) is 0. The van der Waals surface area contributed by atoms with Gasteiger partial charge in [0, 0.05) is 12.4 Å². The highest BCUT2D eigenvalue weighted by Gasteiger charge is 2.25. The first-order valence-electron chi connectivity index (χ1n) is 6.98. The summed E-state index contributed by atoms with van der Waals surface area (Å²) in [6.07, 6.45) is 1.02. The molecule has 104 valence electrons. The molecule has 0 aliphatic carbocycles. The average molecular weight is 259 g/mol. The Balaban J connectivity index is 2.34. The minimum absolute atomic E-state index is 0.279. The number of nitrogens with zero attached hydrogens (tertiary/aromatic N) is 2. The Labute approximate surface area is 116 Å². The maximum Gasteiger partial charge on any atom is 0.0706 e. The first kappa shape index (κ1) is 14.1. The van der Waals surface area contributed by atoms with Gasteiger partial charge in [0.2, 0.25) is 0 Å². The summed E-state index contributed by atoms with van der Waals surface area (Å²) >= 11 is 0. The molecule has 2 rings (SSSR count). The minimum Gasteiger partial charge on any atom is -0.319 e. The van der Waals surface area contributed by atoms with Gasteiger partial charge < -0.3 is 5.32 Å². The Morgan fingerprint density at radius 1 is 1.26 bits per heavy atom. The molecule has 1 unspecified atom stereocenters. The van der Waals surface area contributed by atoms with Crippen LogP contribution in [0.1, 0.15) is 26.5 Å². The van der Waals surface area contributed by atoms with Crippen molar-refractivity contribution in [1.82, 2.24) is 15.1 Å². The number of fused-ring (bicyclic) bond motifs is 1. The quantitative estimate of drug-likeness (QED) is 0.914. The molecule has 2 aromatic rings. The van der Waals surface area contributed by atoms with E-state index in [1.54, 1.807) is 0 Å². The fourth-order valence-corrected chi connectivity index (χ4v) is 2.60. The lowest BCUT2D eigenvalue weighted by Crippen LogP contribution is -2.32. The van der Waals surface area contributed by atoms with Crippen molar-refractivity contribution in [3.05, 3.63) is 30.0 Å². The molecule has 19 heavy (non-hydrogen) atoms. The highest BCUT2D eigenvalue weighted by Crippen LogP contribution is 2.30. The van der Waals surface area contributed by atoms with E-state index < -0.39 is 0 Å². The summed E-state index contributed by atoms with van der Waals surface area (Å²) in [7, 11) is 4.05. The van der Waals surface area contributed by atoms with E-state index in [1.165, 1.54) is 16.6 Å². The summed E-state index contributed by atoms with van der Waals surface area (Å²) < 4.78 is 1.99. The van der Waals surface area contributed by atoms with Gasteiger partial charge in [-0.25, -0.2) is 0 Å². The van der Waals surface area contributed by atoms with Gasteiger partial charge in [-0.1, -0.05) is 39.0 Å². The van der Waals surface area contributed by atoms with Crippen molar-refractivity contribution < 1.29 is 0 Å². The first-order valence-corrected chi connectivity index (χ1v) is 6.98. The van der Waals surface area contributed by atoms with Gasteiger partial charge in [-0.3, -0.25) is 4.68 Å². The largest absolute Gasteiger partial charge is 0.319 e. The number of benzene rings is 1. The molecule has 0 aliphatic rings. The lowest BCUT2D eigenvalue weighted by molar-refractivity contribution is 0.233. The molecule has 0 amide bonds. The van der Waals surface area contributed by atoms with Crippen molar-refractivity contribution in [3.8, 4) is 0 Å². The van der Waals surface area contributed by atoms with E-state index in [1.807, 2.05) is 18.8 Å². The summed E-state index contributed by atoms with van der Waals surface area (Å²) in [5.41, 5.74) is 2.71. The molecule has 0 fully saturated rings. The van der Waals surface area contributed by atoms with Crippen LogP contribution in [0.4, 0.5) is 0 Å². The van der Waals surface area contributed by atoms with Crippen LogP contribution in [-0.4, -0.2) is 23.4 Å². The third kappa shape index (κ3) is 2.98. The number of para-hydroxylation sites is 1. The predicted octanol–water partition coefficient (Wildman–Crippen LogP) is 3.00. The molecule has 0 saturated carbocycles. The molecular formula is C16H25N3. The van der Waals surface area contributed by atoms with Gasteiger partial charge in [-0.2, -0.15) is 5.10 Å². The maximum absolute atomic E-state index is 4.71. The van der Waals surface area contributed by atoms with Crippen LogP contribution < -0.4 is 5.32 Å². The summed E-state index contributed by atoms with van der Waals surface area (Å²) in [5, 5.41) is 9.32. The summed E-state index contributed by atoms with van der Waals surface area (Å²) in [5.74, 6) is 0.579. The Bertz CT molecular complexity index is 549. The second-order valence-electron chi connectivity index (χ2n) is 6.41. The van der Waals surface area contributed by atoms with Crippen molar-refractivity contribution in [3.63, 3.8) is 0 Å². The van der Waals surface area contributed by atoms with Crippen molar-refractivity contribution in [1.29, 1.82) is 0 Å². The topological polar surface area (TPSA) is 29.9 Å². The van der Waals surface area contributed by atoms with E-state index >= 15 is 0 Å². The molecule has 3 heteroatoms. The van der Waals surface area contributed by atoms with Crippen LogP contribution >= 0.6 is 0 Å². The number of rotatable bonds is 4. The van der Waals surface area contributed by atoms with Gasteiger partial charge >= 0.3 is 0 Å². The number of aryl methyl sites for hydroxylation is 1. The molecule has 0 bridgehead atoms. The fourth-order valence-electron chi connectivity index (χ4n) is 2.60. The zero-order valence-corrected chi connectivity index (χ0v) is 12.7. The molecule has 1 aromatic heterocycles. The number of hydrogen-bond acceptors (Lipinski definition) is 2. The van der Waals surface area contributed by atoms with E-state index in [-0.39, 0.29) is 5.41 Å². The van der Waals surface area contributed by atoms with E-state index in [0.29, 0.717) is 5.92 Å². The Morgan fingerprint density at radius 3 is 2.58 bits per heavy atom. The minimum atomic E-state index is 0.279. The molecule has 3 nitrogen and oxygen atoms in total. The van der Waals surface area contributed by atoms with E-state index in [4.69, 9.17) is 5.10 Å². The highest BCUT2D eigenvalue weighted by atomic mass is 15.3. The van der Waals surface area contributed by atoms with Gasteiger partial charge in [-0.15, -0.1) is 0 Å². The second-order valence-corrected chi connectivity index (χ2v) is 6.41. The van der Waals surface area contributed by atoms with Crippen LogP contribution in [0.2, 0.25) is 0 Å². The summed E-state index contributed by atoms with van der Waals surface area (Å²) in [6.45, 7) is 7.94. The van der Waals surface area contributed by atoms with Gasteiger partial charge in [0.25, 0.3) is 0 Å². The van der Waals surface area contributed by atoms with Crippen LogP contribution in [0.25, 0.3) is 10.9 Å². The zero-order chi connectivity index (χ0) is 14.0. The van der Waals surface area contributed by atoms with Crippen molar-refractivity contribution in [2.75, 3.05) is 13.6 Å². The monoisotopic (exact) mass is 259 g/mol. The fraction of sp³-hybridized carbons (Fsp3) is 0.562. The summed E-state index contributed by atoms with van der Waals surface area (Å²) in [6, 6.07) is 8.48. The SMILES string of the molecule is CNCC(Cc1nn(C)c2ccccc12)C(C)(C)C. The average Bonchev–Trinajstić information content (AvgIpc) is 2.66. The molecular weight excluding hydrogens is 234 g/mol. The molecule has 0 radical (unpaired) electrons. The Kier molecular flexibility index (Phi) is 3.95. The lowest BCUT2D eigenvalue weighted by atomic mass is 9.78. The highest BCUT2D eigenvalue weighted by molar-refractivity contribution is 5.81. The third-order valence-corrected chi connectivity index (χ3v) is 3.95. The van der Waals surface area contributed by atoms with E-state index in [0.717, 1.165) is 13.0 Å². The number of hydrogen-bond donors (Lipinski definition) is 1. The molecule has 1 N–H and O–H groups in total. The van der Waals surface area contributed by atoms with Crippen molar-refractivity contribution in [2.24, 2.45) is 18.4 Å². The van der Waals surface area contributed by atoms with Crippen LogP contribution in [-0.2, 0) is 13.5 Å². The van der Waals surface area contributed by atoms with E-state index in [9.17, 15) is 0 Å². The Morgan fingerprint density at radius 2 is 1.95 bits per heavy atom. The third-order valence-electron chi connectivity index (χ3n) is 3.95. The van der Waals surface area contributed by atoms with Crippen LogP contribution in [0.5, 0.6) is 0 Å². The molecule has 1 aromatic carbocycles. The van der Waals surface area contributed by atoms with Gasteiger partial charge in [0.05, 0.1) is 11.2 Å². The van der Waals surface area contributed by atoms with Gasteiger partial charge in [-0.05, 0) is 37.4 Å². The standard InChI is InChI=1S/C16H25N3/c1-16(2,3)12(11-17-4)10-14-13-8-6-7-9-15(13)19(5)18-14/h6-9,12,17H,10-11H2,1-5H3. The van der Waals surface area contributed by atoms with Crippen LogP contribution in [0.3, 0.4) is 0 Å². The van der Waals surface area contributed by atoms with Crippen LogP contribution in [0.15, 0.2) is 24.3 Å². The number of aromatic nitrogens is 2. The first-order chi connectivity index (χ1) is 8.93. The molecule has 0 spiro atoms. The number of nitrogens with one attached hydrogen (secondary N) is 1. The smallest absolute Gasteiger partial charge is 0.0706 e. The molecule has 0 saturated heterocycles. The predicted molar refractivity (Wildman–Crippen MR) is 81.3 cm³/mol. The van der Waals surface area contributed by atoms with Crippen molar-refractivity contribution >= 4 is 10.9 Å². The second kappa shape index (κ2) is 5.33. The van der Waals surface area contributed by atoms with Gasteiger partial charge in [0.1, 0.15) is 0 Å². The van der Waals surface area contributed by atoms with Gasteiger partial charge in [0.15, 0.2) is 0 Å². The maximum atomic E-state index is 4.71. The van der Waals surface area contributed by atoms with Crippen molar-refractivity contribution in [2.45, 2.75) is 27.2 Å². The molecule has 0 aliphatic heterocycles. The lowest BCUT2D eigenvalue weighted by Gasteiger charge is -2.30. The van der Waals surface area contributed by atoms with Crippen LogP contribution in [0, 0.1) is 11.3 Å². The van der Waals surface area contributed by atoms with E-state index in [2.05, 4.69) is 50.4 Å². The Hall–Kier alpha value is -1.35. The zero-order valence-electron chi connectivity index (χ0n) is 12.7. The molecule has 1 heterocycles.